The molecule has 2 aromatic rings. The molecule has 33 heavy (non-hydrogen) atoms. The summed E-state index contributed by atoms with van der Waals surface area (Å²) in [4.78, 5) is 0. The van der Waals surface area contributed by atoms with Gasteiger partial charge in [0.25, 0.3) is 0 Å². The Morgan fingerprint density at radius 1 is 0.939 bits per heavy atom. The van der Waals surface area contributed by atoms with Crippen LogP contribution in [0.4, 0.5) is 17.6 Å². The van der Waals surface area contributed by atoms with Gasteiger partial charge in [-0.25, -0.2) is 17.6 Å². The highest BCUT2D eigenvalue weighted by atomic mass is 19.2. The molecule has 0 aliphatic heterocycles. The fraction of sp³-hybridized carbons (Fsp3) is 0.481. The Morgan fingerprint density at radius 2 is 1.58 bits per heavy atom. The fourth-order valence-corrected chi connectivity index (χ4v) is 5.04. The molecule has 2 nitrogen and oxygen atoms in total. The van der Waals surface area contributed by atoms with Crippen LogP contribution in [0.3, 0.4) is 0 Å². The van der Waals surface area contributed by atoms with E-state index in [1.165, 1.54) is 24.3 Å². The molecule has 0 N–H and O–H groups in total. The van der Waals surface area contributed by atoms with Gasteiger partial charge in [0.1, 0.15) is 5.82 Å². The van der Waals surface area contributed by atoms with Crippen LogP contribution in [-0.2, 0) is 11.3 Å². The van der Waals surface area contributed by atoms with Gasteiger partial charge < -0.3 is 9.47 Å². The minimum atomic E-state index is -2.32. The molecule has 2 aliphatic rings. The van der Waals surface area contributed by atoms with E-state index in [-0.39, 0.29) is 47.3 Å². The van der Waals surface area contributed by atoms with E-state index >= 15 is 8.78 Å². The number of benzene rings is 2. The molecular formula is C27H30F4O2. The maximum Gasteiger partial charge on any atom is 0.171 e. The Balaban J connectivity index is 1.53. The predicted octanol–water partition coefficient (Wildman–Crippen LogP) is 8.11. The van der Waals surface area contributed by atoms with E-state index in [4.69, 9.17) is 9.47 Å². The Morgan fingerprint density at radius 3 is 2.21 bits per heavy atom. The van der Waals surface area contributed by atoms with Gasteiger partial charge in [0, 0.05) is 16.7 Å². The van der Waals surface area contributed by atoms with Crippen LogP contribution in [0, 0.1) is 17.6 Å². The largest absolute Gasteiger partial charge is 0.491 e. The van der Waals surface area contributed by atoms with E-state index < -0.39 is 29.5 Å². The number of fused-ring (bicyclic) bond motifs is 3. The third-order valence-electron chi connectivity index (χ3n) is 6.85. The second-order valence-electron chi connectivity index (χ2n) is 8.90. The van der Waals surface area contributed by atoms with Gasteiger partial charge in [-0.2, -0.15) is 0 Å². The lowest BCUT2D eigenvalue weighted by atomic mass is 9.81. The van der Waals surface area contributed by atoms with Gasteiger partial charge in [0.05, 0.1) is 19.3 Å². The van der Waals surface area contributed by atoms with Gasteiger partial charge in [-0.1, -0.05) is 24.3 Å². The normalized spacial score (nSPS) is 24.2. The van der Waals surface area contributed by atoms with Crippen LogP contribution in [0.15, 0.2) is 36.9 Å². The third-order valence-corrected chi connectivity index (χ3v) is 6.85. The predicted molar refractivity (Wildman–Crippen MR) is 121 cm³/mol. The van der Waals surface area contributed by atoms with Crippen molar-refractivity contribution in [1.82, 2.24) is 0 Å². The van der Waals surface area contributed by atoms with Crippen molar-refractivity contribution in [3.63, 3.8) is 0 Å². The molecule has 6 heteroatoms. The molecule has 4 rings (SSSR count). The van der Waals surface area contributed by atoms with E-state index in [1.807, 2.05) is 6.08 Å². The lowest BCUT2D eigenvalue weighted by Gasteiger charge is -2.30. The number of hydrogen-bond acceptors (Lipinski definition) is 2. The van der Waals surface area contributed by atoms with Crippen molar-refractivity contribution in [3.8, 4) is 16.9 Å². The van der Waals surface area contributed by atoms with Crippen molar-refractivity contribution >= 4 is 0 Å². The Kier molecular flexibility index (Phi) is 7.42. The maximum absolute atomic E-state index is 15.3. The lowest BCUT2D eigenvalue weighted by molar-refractivity contribution is 0.00514. The van der Waals surface area contributed by atoms with E-state index in [1.54, 1.807) is 6.92 Å². The van der Waals surface area contributed by atoms with Crippen LogP contribution in [-0.4, -0.2) is 12.7 Å². The summed E-state index contributed by atoms with van der Waals surface area (Å²) in [6, 6.07) is 5.88. The molecule has 0 aromatic heterocycles. The van der Waals surface area contributed by atoms with Gasteiger partial charge in [0.15, 0.2) is 23.9 Å². The van der Waals surface area contributed by atoms with Crippen LogP contribution in [0.2, 0.25) is 0 Å². The Hall–Kier alpha value is -2.34. The summed E-state index contributed by atoms with van der Waals surface area (Å²) in [5, 5.41) is 0. The fourth-order valence-electron chi connectivity index (χ4n) is 5.04. The standard InChI is InChI=1S/C27H30F4O2/c1-3-5-6-16-7-10-18(11-8-16)33-15-17-9-12-19-20-13-14-21(32-4-2)25(29)23(20)27(31)26(30)22(19)24(17)28/h3,9,12-14,16,18,26-27H,1,4-8,10-11,15H2,2H3. The third kappa shape index (κ3) is 4.68. The number of hydrogen-bond donors (Lipinski definition) is 0. The van der Waals surface area contributed by atoms with Gasteiger partial charge in [-0.15, -0.1) is 6.58 Å². The van der Waals surface area contributed by atoms with Crippen molar-refractivity contribution in [1.29, 1.82) is 0 Å². The van der Waals surface area contributed by atoms with Crippen molar-refractivity contribution in [2.45, 2.75) is 70.5 Å². The summed E-state index contributed by atoms with van der Waals surface area (Å²) < 4.78 is 71.3. The Bertz CT molecular complexity index is 998. The highest BCUT2D eigenvalue weighted by molar-refractivity contribution is 5.76. The van der Waals surface area contributed by atoms with Crippen LogP contribution in [0.5, 0.6) is 5.75 Å². The first kappa shape index (κ1) is 23.8. The number of halogens is 4. The zero-order chi connectivity index (χ0) is 23.5. The summed E-state index contributed by atoms with van der Waals surface area (Å²) in [5.74, 6) is -1.23. The molecule has 0 radical (unpaired) electrons. The molecule has 0 heterocycles. The second kappa shape index (κ2) is 10.3. The molecule has 2 unspecified atom stereocenters. The van der Waals surface area contributed by atoms with Crippen molar-refractivity contribution in [2.75, 3.05) is 6.61 Å². The van der Waals surface area contributed by atoms with Crippen LogP contribution in [0.25, 0.3) is 11.1 Å². The van der Waals surface area contributed by atoms with E-state index in [9.17, 15) is 8.78 Å². The average Bonchev–Trinajstić information content (AvgIpc) is 2.82. The molecule has 0 amide bonds. The summed E-state index contributed by atoms with van der Waals surface area (Å²) in [7, 11) is 0. The number of rotatable bonds is 8. The number of alkyl halides is 2. The number of allylic oxidation sites excluding steroid dienone is 1. The molecule has 0 spiro atoms. The highest BCUT2D eigenvalue weighted by Crippen LogP contribution is 2.51. The summed E-state index contributed by atoms with van der Waals surface area (Å²) >= 11 is 0. The van der Waals surface area contributed by atoms with Crippen molar-refractivity contribution < 1.29 is 27.0 Å². The second-order valence-corrected chi connectivity index (χ2v) is 8.90. The first-order valence-electron chi connectivity index (χ1n) is 11.7. The minimum Gasteiger partial charge on any atom is -0.491 e. The summed E-state index contributed by atoms with van der Waals surface area (Å²) in [6.07, 6.45) is 3.42. The van der Waals surface area contributed by atoms with E-state index in [0.29, 0.717) is 5.92 Å². The van der Waals surface area contributed by atoms with Crippen LogP contribution in [0.1, 0.15) is 74.5 Å². The molecule has 0 bridgehead atoms. The molecule has 0 saturated heterocycles. The molecule has 1 saturated carbocycles. The average molecular weight is 463 g/mol. The first-order valence-corrected chi connectivity index (χ1v) is 11.7. The summed E-state index contributed by atoms with van der Waals surface area (Å²) in [6.45, 7) is 5.63. The minimum absolute atomic E-state index is 0.00469. The molecule has 1 fully saturated rings. The molecule has 2 atom stereocenters. The first-order chi connectivity index (χ1) is 16.0. The van der Waals surface area contributed by atoms with Gasteiger partial charge in [-0.3, -0.25) is 0 Å². The maximum atomic E-state index is 15.3. The molecule has 178 valence electrons. The molecule has 2 aromatic carbocycles. The summed E-state index contributed by atoms with van der Waals surface area (Å²) in [5.41, 5.74) is -0.286. The lowest BCUT2D eigenvalue weighted by Crippen LogP contribution is -2.22. The molecular weight excluding hydrogens is 432 g/mol. The van der Waals surface area contributed by atoms with Gasteiger partial charge in [-0.05, 0) is 68.6 Å². The highest BCUT2D eigenvalue weighted by Gasteiger charge is 2.40. The quantitative estimate of drug-likeness (QED) is 0.291. The van der Waals surface area contributed by atoms with Crippen LogP contribution < -0.4 is 4.74 Å². The van der Waals surface area contributed by atoms with E-state index in [0.717, 1.165) is 38.5 Å². The van der Waals surface area contributed by atoms with Crippen LogP contribution >= 0.6 is 0 Å². The zero-order valence-corrected chi connectivity index (χ0v) is 18.9. The molecule has 2 aliphatic carbocycles. The smallest absolute Gasteiger partial charge is 0.171 e. The monoisotopic (exact) mass is 462 g/mol. The van der Waals surface area contributed by atoms with E-state index in [2.05, 4.69) is 6.58 Å². The SMILES string of the molecule is C=CCCC1CCC(OCc2ccc3c(c2F)C(F)C(F)c2c-3ccc(OCC)c2F)CC1. The van der Waals surface area contributed by atoms with Gasteiger partial charge >= 0.3 is 0 Å². The topological polar surface area (TPSA) is 18.5 Å². The number of ether oxygens (including phenoxy) is 2. The van der Waals surface area contributed by atoms with Crippen molar-refractivity contribution in [2.24, 2.45) is 5.92 Å². The zero-order valence-electron chi connectivity index (χ0n) is 18.9. The van der Waals surface area contributed by atoms with Crippen molar-refractivity contribution in [3.05, 3.63) is 65.2 Å². The van der Waals surface area contributed by atoms with Gasteiger partial charge in [0.2, 0.25) is 0 Å². The Labute approximate surface area is 192 Å².